The van der Waals surface area contributed by atoms with Crippen molar-refractivity contribution in [2.45, 2.75) is 26.2 Å². The molecule has 0 atom stereocenters. The van der Waals surface area contributed by atoms with E-state index in [4.69, 9.17) is 5.11 Å². The van der Waals surface area contributed by atoms with E-state index < -0.39 is 11.6 Å². The number of anilines is 1. The topological polar surface area (TPSA) is 49.3 Å². The second-order valence-corrected chi connectivity index (χ2v) is 5.92. The van der Waals surface area contributed by atoms with Crippen molar-refractivity contribution in [3.63, 3.8) is 0 Å². The van der Waals surface area contributed by atoms with Gasteiger partial charge in [-0.3, -0.25) is 4.79 Å². The van der Waals surface area contributed by atoms with E-state index in [1.807, 2.05) is 32.9 Å². The van der Waals surface area contributed by atoms with Crippen LogP contribution in [-0.2, 0) is 5.41 Å². The molecule has 2 aromatic rings. The third-order valence-corrected chi connectivity index (χ3v) is 3.19. The van der Waals surface area contributed by atoms with Crippen LogP contribution in [0, 0.1) is 5.82 Å². The van der Waals surface area contributed by atoms with Gasteiger partial charge in [0.2, 0.25) is 0 Å². The Morgan fingerprint density at radius 3 is 2.43 bits per heavy atom. The van der Waals surface area contributed by atoms with Gasteiger partial charge in [0, 0.05) is 17.3 Å². The highest BCUT2D eigenvalue weighted by molar-refractivity contribution is 6.05. The third-order valence-electron chi connectivity index (χ3n) is 3.19. The maximum absolute atomic E-state index is 13.3. The number of halogens is 1. The highest BCUT2D eigenvalue weighted by atomic mass is 19.1. The number of nitrogens with one attached hydrogen (secondary N) is 1. The number of aromatic hydroxyl groups is 1. The Morgan fingerprint density at radius 1 is 1.14 bits per heavy atom. The lowest BCUT2D eigenvalue weighted by molar-refractivity contribution is 0.102. The van der Waals surface area contributed by atoms with Crippen LogP contribution in [0.1, 0.15) is 36.7 Å². The molecule has 0 radical (unpaired) electrons. The van der Waals surface area contributed by atoms with Crippen molar-refractivity contribution in [2.24, 2.45) is 0 Å². The largest absolute Gasteiger partial charge is 0.505 e. The summed E-state index contributed by atoms with van der Waals surface area (Å²) in [5.74, 6) is -1.51. The first-order chi connectivity index (χ1) is 9.79. The number of rotatable bonds is 2. The zero-order valence-corrected chi connectivity index (χ0v) is 12.3. The van der Waals surface area contributed by atoms with E-state index in [2.05, 4.69) is 5.32 Å². The van der Waals surface area contributed by atoms with Crippen LogP contribution in [-0.4, -0.2) is 11.0 Å². The molecular formula is C17H18FNO2. The fourth-order valence-corrected chi connectivity index (χ4v) is 2.12. The monoisotopic (exact) mass is 287 g/mol. The van der Waals surface area contributed by atoms with Crippen molar-refractivity contribution in [1.82, 2.24) is 0 Å². The lowest BCUT2D eigenvalue weighted by Crippen LogP contribution is -2.20. The lowest BCUT2D eigenvalue weighted by atomic mass is 9.83. The van der Waals surface area contributed by atoms with Gasteiger partial charge >= 0.3 is 0 Å². The molecule has 0 fully saturated rings. The molecule has 1 amide bonds. The van der Waals surface area contributed by atoms with E-state index in [-0.39, 0.29) is 11.3 Å². The average molecular weight is 287 g/mol. The minimum Gasteiger partial charge on any atom is -0.505 e. The number of carbonyl (C=O) groups excluding carboxylic acids is 1. The van der Waals surface area contributed by atoms with Crippen molar-refractivity contribution >= 4 is 11.6 Å². The van der Waals surface area contributed by atoms with E-state index in [0.29, 0.717) is 11.3 Å². The molecule has 110 valence electrons. The Hall–Kier alpha value is -2.36. The van der Waals surface area contributed by atoms with Crippen LogP contribution in [0.5, 0.6) is 5.75 Å². The van der Waals surface area contributed by atoms with Crippen LogP contribution in [0.2, 0.25) is 0 Å². The van der Waals surface area contributed by atoms with Crippen LogP contribution in [0.25, 0.3) is 0 Å². The quantitative estimate of drug-likeness (QED) is 0.818. The van der Waals surface area contributed by atoms with Crippen molar-refractivity contribution < 1.29 is 14.3 Å². The molecule has 0 aliphatic carbocycles. The van der Waals surface area contributed by atoms with Gasteiger partial charge in [0.15, 0.2) is 11.6 Å². The number of carbonyl (C=O) groups is 1. The third kappa shape index (κ3) is 3.40. The van der Waals surface area contributed by atoms with E-state index in [9.17, 15) is 9.18 Å². The molecule has 2 rings (SSSR count). The molecule has 0 bridgehead atoms. The standard InChI is InChI=1S/C17H18FNO2/c1-17(2,3)13-7-5-4-6-12(13)16(21)19-11-8-9-15(20)14(18)10-11/h4-10,20H,1-3H3,(H,19,21). The number of phenols is 1. The summed E-state index contributed by atoms with van der Waals surface area (Å²) in [5.41, 5.74) is 1.60. The van der Waals surface area contributed by atoms with E-state index in [1.165, 1.54) is 12.1 Å². The summed E-state index contributed by atoms with van der Waals surface area (Å²) < 4.78 is 13.3. The number of phenolic OH excluding ortho intramolecular Hbond substituents is 1. The average Bonchev–Trinajstić information content (AvgIpc) is 2.42. The molecule has 2 N–H and O–H groups in total. The minimum atomic E-state index is -0.767. The number of amides is 1. The van der Waals surface area contributed by atoms with E-state index in [1.54, 1.807) is 12.1 Å². The molecule has 0 heterocycles. The molecular weight excluding hydrogens is 269 g/mol. The molecule has 2 aromatic carbocycles. The Bertz CT molecular complexity index is 675. The second-order valence-electron chi connectivity index (χ2n) is 5.92. The number of hydrogen-bond donors (Lipinski definition) is 2. The molecule has 0 aromatic heterocycles. The summed E-state index contributed by atoms with van der Waals surface area (Å²) in [7, 11) is 0. The fraction of sp³-hybridized carbons (Fsp3) is 0.235. The number of benzene rings is 2. The highest BCUT2D eigenvalue weighted by Gasteiger charge is 2.21. The van der Waals surface area contributed by atoms with Gasteiger partial charge in [0.25, 0.3) is 5.91 Å². The Kier molecular flexibility index (Phi) is 3.98. The molecule has 0 saturated carbocycles. The first-order valence-electron chi connectivity index (χ1n) is 6.68. The van der Waals surface area contributed by atoms with Crippen molar-refractivity contribution in [3.8, 4) is 5.75 Å². The molecule has 0 unspecified atom stereocenters. The van der Waals surface area contributed by atoms with Gasteiger partial charge in [-0.2, -0.15) is 0 Å². The van der Waals surface area contributed by atoms with Crippen LogP contribution >= 0.6 is 0 Å². The van der Waals surface area contributed by atoms with Crippen molar-refractivity contribution in [1.29, 1.82) is 0 Å². The van der Waals surface area contributed by atoms with Crippen molar-refractivity contribution in [3.05, 3.63) is 59.4 Å². The van der Waals surface area contributed by atoms with E-state index in [0.717, 1.165) is 11.6 Å². The van der Waals surface area contributed by atoms with Gasteiger partial charge in [0.05, 0.1) is 0 Å². The normalized spacial score (nSPS) is 11.2. The Labute approximate surface area is 123 Å². The number of hydrogen-bond acceptors (Lipinski definition) is 2. The molecule has 0 saturated heterocycles. The highest BCUT2D eigenvalue weighted by Crippen LogP contribution is 2.27. The first kappa shape index (κ1) is 15.0. The maximum atomic E-state index is 13.3. The predicted octanol–water partition coefficient (Wildman–Crippen LogP) is 4.08. The van der Waals surface area contributed by atoms with Gasteiger partial charge in [0.1, 0.15) is 0 Å². The Morgan fingerprint density at radius 2 is 1.81 bits per heavy atom. The van der Waals surface area contributed by atoms with E-state index >= 15 is 0 Å². The zero-order valence-electron chi connectivity index (χ0n) is 12.3. The summed E-state index contributed by atoms with van der Waals surface area (Å²) in [6.07, 6.45) is 0. The predicted molar refractivity (Wildman–Crippen MR) is 81.2 cm³/mol. The summed E-state index contributed by atoms with van der Waals surface area (Å²) in [5, 5.41) is 11.8. The second kappa shape index (κ2) is 5.56. The molecule has 0 aliphatic rings. The lowest BCUT2D eigenvalue weighted by Gasteiger charge is -2.22. The van der Waals surface area contributed by atoms with Crippen LogP contribution in [0.15, 0.2) is 42.5 Å². The SMILES string of the molecule is CC(C)(C)c1ccccc1C(=O)Nc1ccc(O)c(F)c1. The fourth-order valence-electron chi connectivity index (χ4n) is 2.12. The zero-order chi connectivity index (χ0) is 15.6. The minimum absolute atomic E-state index is 0.172. The first-order valence-corrected chi connectivity index (χ1v) is 6.68. The van der Waals surface area contributed by atoms with Gasteiger partial charge in [-0.25, -0.2) is 4.39 Å². The van der Waals surface area contributed by atoms with Gasteiger partial charge < -0.3 is 10.4 Å². The molecule has 4 heteroatoms. The smallest absolute Gasteiger partial charge is 0.255 e. The summed E-state index contributed by atoms with van der Waals surface area (Å²) in [6, 6.07) is 11.1. The van der Waals surface area contributed by atoms with Gasteiger partial charge in [-0.05, 0) is 29.2 Å². The maximum Gasteiger partial charge on any atom is 0.255 e. The summed E-state index contributed by atoms with van der Waals surface area (Å²) in [4.78, 5) is 12.4. The van der Waals surface area contributed by atoms with Gasteiger partial charge in [-0.15, -0.1) is 0 Å². The summed E-state index contributed by atoms with van der Waals surface area (Å²) >= 11 is 0. The van der Waals surface area contributed by atoms with Crippen LogP contribution in [0.4, 0.5) is 10.1 Å². The van der Waals surface area contributed by atoms with Crippen LogP contribution in [0.3, 0.4) is 0 Å². The summed E-state index contributed by atoms with van der Waals surface area (Å²) in [6.45, 7) is 6.08. The van der Waals surface area contributed by atoms with Crippen LogP contribution < -0.4 is 5.32 Å². The van der Waals surface area contributed by atoms with Crippen molar-refractivity contribution in [2.75, 3.05) is 5.32 Å². The molecule has 0 aliphatic heterocycles. The van der Waals surface area contributed by atoms with Gasteiger partial charge in [-0.1, -0.05) is 39.0 Å². The Balaban J connectivity index is 2.31. The molecule has 0 spiro atoms. The molecule has 21 heavy (non-hydrogen) atoms. The molecule has 3 nitrogen and oxygen atoms in total.